The third kappa shape index (κ3) is 5.97. The summed E-state index contributed by atoms with van der Waals surface area (Å²) in [6.45, 7) is 18.1. The lowest BCUT2D eigenvalue weighted by atomic mass is 10.1. The van der Waals surface area contributed by atoms with Gasteiger partial charge in [-0.15, -0.1) is 0 Å². The molecule has 2 heterocycles. The van der Waals surface area contributed by atoms with Gasteiger partial charge >= 0.3 is 0 Å². The van der Waals surface area contributed by atoms with Crippen LogP contribution >= 0.6 is 0 Å². The predicted molar refractivity (Wildman–Crippen MR) is 121 cm³/mol. The number of para-hydroxylation sites is 1. The van der Waals surface area contributed by atoms with Gasteiger partial charge in [0.15, 0.2) is 5.96 Å². The first kappa shape index (κ1) is 21.7. The van der Waals surface area contributed by atoms with E-state index in [2.05, 4.69) is 54.2 Å². The van der Waals surface area contributed by atoms with Crippen LogP contribution in [0, 0.1) is 12.8 Å². The summed E-state index contributed by atoms with van der Waals surface area (Å²) in [5, 5.41) is 8.04. The average molecular weight is 400 g/mol. The zero-order valence-corrected chi connectivity index (χ0v) is 18.5. The number of likely N-dealkylation sites (N-methyl/N-ethyl adjacent to an activating group) is 1. The maximum atomic E-state index is 6.00. The molecule has 2 aromatic rings. The van der Waals surface area contributed by atoms with Crippen LogP contribution in [0.1, 0.15) is 32.1 Å². The van der Waals surface area contributed by atoms with Crippen molar-refractivity contribution in [2.75, 3.05) is 52.4 Å². The van der Waals surface area contributed by atoms with Gasteiger partial charge in [-0.2, -0.15) is 0 Å². The molecule has 6 nitrogen and oxygen atoms in total. The van der Waals surface area contributed by atoms with Gasteiger partial charge < -0.3 is 24.9 Å². The molecule has 1 aromatic heterocycles. The fourth-order valence-electron chi connectivity index (χ4n) is 3.93. The molecule has 0 radical (unpaired) electrons. The second-order valence-corrected chi connectivity index (χ2v) is 8.06. The maximum absolute atomic E-state index is 6.00. The highest BCUT2D eigenvalue weighted by molar-refractivity contribution is 5.82. The van der Waals surface area contributed by atoms with Gasteiger partial charge in [-0.1, -0.05) is 32.0 Å². The molecule has 1 aliphatic heterocycles. The van der Waals surface area contributed by atoms with Crippen molar-refractivity contribution in [3.8, 4) is 0 Å². The minimum absolute atomic E-state index is 0.545. The molecule has 1 aromatic carbocycles. The Bertz CT molecular complexity index is 792. The maximum Gasteiger partial charge on any atom is 0.191 e. The van der Waals surface area contributed by atoms with Gasteiger partial charge in [-0.05, 0) is 32.4 Å². The average Bonchev–Trinajstić information content (AvgIpc) is 3.06. The summed E-state index contributed by atoms with van der Waals surface area (Å²) in [4.78, 5) is 9.87. The zero-order valence-electron chi connectivity index (χ0n) is 18.5. The van der Waals surface area contributed by atoms with Gasteiger partial charge in [0.2, 0.25) is 0 Å². The molecule has 0 amide bonds. The van der Waals surface area contributed by atoms with Crippen molar-refractivity contribution in [2.24, 2.45) is 10.9 Å². The monoisotopic (exact) mass is 399 g/mol. The summed E-state index contributed by atoms with van der Waals surface area (Å²) >= 11 is 0. The first-order chi connectivity index (χ1) is 14.1. The van der Waals surface area contributed by atoms with Crippen LogP contribution in [-0.2, 0) is 6.54 Å². The summed E-state index contributed by atoms with van der Waals surface area (Å²) < 4.78 is 6.00. The molecular formula is C23H37N5O. The molecular weight excluding hydrogens is 362 g/mol. The van der Waals surface area contributed by atoms with E-state index in [4.69, 9.17) is 9.41 Å². The minimum atomic E-state index is 0.545. The number of hydrogen-bond acceptors (Lipinski definition) is 4. The van der Waals surface area contributed by atoms with Crippen LogP contribution in [0.4, 0.5) is 0 Å². The molecule has 160 valence electrons. The lowest BCUT2D eigenvalue weighted by Crippen LogP contribution is -2.48. The van der Waals surface area contributed by atoms with Crippen molar-refractivity contribution in [1.29, 1.82) is 0 Å². The van der Waals surface area contributed by atoms with E-state index >= 15 is 0 Å². The molecule has 1 unspecified atom stereocenters. The Morgan fingerprint density at radius 1 is 1.10 bits per heavy atom. The Morgan fingerprint density at radius 2 is 1.83 bits per heavy atom. The summed E-state index contributed by atoms with van der Waals surface area (Å²) in [5.41, 5.74) is 2.12. The van der Waals surface area contributed by atoms with Crippen molar-refractivity contribution >= 4 is 16.9 Å². The van der Waals surface area contributed by atoms with Gasteiger partial charge in [-0.25, -0.2) is 4.99 Å². The van der Waals surface area contributed by atoms with E-state index in [0.29, 0.717) is 12.5 Å². The number of piperazine rings is 1. The second kappa shape index (κ2) is 10.6. The highest BCUT2D eigenvalue weighted by Crippen LogP contribution is 2.25. The highest BCUT2D eigenvalue weighted by atomic mass is 16.3. The number of nitrogens with zero attached hydrogens (tertiary/aromatic N) is 3. The molecule has 0 aliphatic carbocycles. The molecule has 6 heteroatoms. The molecule has 1 atom stereocenters. The fraction of sp³-hybridized carbons (Fsp3) is 0.609. The lowest BCUT2D eigenvalue weighted by molar-refractivity contribution is 0.124. The third-order valence-electron chi connectivity index (χ3n) is 5.77. The van der Waals surface area contributed by atoms with Crippen molar-refractivity contribution in [3.63, 3.8) is 0 Å². The molecule has 0 spiro atoms. The van der Waals surface area contributed by atoms with E-state index < -0.39 is 0 Å². The van der Waals surface area contributed by atoms with E-state index in [1.807, 2.05) is 18.2 Å². The topological polar surface area (TPSA) is 56.0 Å². The van der Waals surface area contributed by atoms with Gasteiger partial charge in [0.05, 0.1) is 0 Å². The van der Waals surface area contributed by atoms with Crippen LogP contribution < -0.4 is 10.6 Å². The Kier molecular flexibility index (Phi) is 7.95. The number of furan rings is 1. The van der Waals surface area contributed by atoms with E-state index in [1.54, 1.807) is 0 Å². The quantitative estimate of drug-likeness (QED) is 0.528. The van der Waals surface area contributed by atoms with Crippen molar-refractivity contribution < 1.29 is 4.42 Å². The molecule has 0 saturated carbocycles. The first-order valence-corrected chi connectivity index (χ1v) is 11.0. The van der Waals surface area contributed by atoms with E-state index in [-0.39, 0.29) is 0 Å². The molecule has 0 bridgehead atoms. The highest BCUT2D eigenvalue weighted by Gasteiger charge is 2.17. The fourth-order valence-corrected chi connectivity index (χ4v) is 3.93. The minimum Gasteiger partial charge on any atom is -0.459 e. The first-order valence-electron chi connectivity index (χ1n) is 11.0. The SMILES string of the molecule is CCNC(=NCc1oc2ccccc2c1C)NCC(C)CN1CCN(CC)CC1. The summed E-state index contributed by atoms with van der Waals surface area (Å²) in [6, 6.07) is 8.17. The van der Waals surface area contributed by atoms with Crippen LogP contribution in [0.5, 0.6) is 0 Å². The molecule has 1 saturated heterocycles. The van der Waals surface area contributed by atoms with Crippen LogP contribution in [0.2, 0.25) is 0 Å². The molecule has 3 rings (SSSR count). The van der Waals surface area contributed by atoms with Crippen LogP contribution in [0.25, 0.3) is 11.0 Å². The van der Waals surface area contributed by atoms with Crippen LogP contribution in [0.15, 0.2) is 33.7 Å². The Hall–Kier alpha value is -2.05. The lowest BCUT2D eigenvalue weighted by Gasteiger charge is -2.35. The Morgan fingerprint density at radius 3 is 2.52 bits per heavy atom. The van der Waals surface area contributed by atoms with Gasteiger partial charge in [0.25, 0.3) is 0 Å². The molecule has 1 aliphatic rings. The number of guanidine groups is 1. The van der Waals surface area contributed by atoms with Crippen molar-refractivity contribution in [2.45, 2.75) is 34.2 Å². The number of rotatable bonds is 8. The number of aliphatic imine (C=N–C) groups is 1. The third-order valence-corrected chi connectivity index (χ3v) is 5.77. The number of hydrogen-bond donors (Lipinski definition) is 2. The van der Waals surface area contributed by atoms with Gasteiger partial charge in [-0.3, -0.25) is 0 Å². The van der Waals surface area contributed by atoms with E-state index in [0.717, 1.165) is 43.5 Å². The number of nitrogens with one attached hydrogen (secondary N) is 2. The van der Waals surface area contributed by atoms with Gasteiger partial charge in [0.1, 0.15) is 17.9 Å². The van der Waals surface area contributed by atoms with Crippen molar-refractivity contribution in [3.05, 3.63) is 35.6 Å². The number of fused-ring (bicyclic) bond motifs is 1. The second-order valence-electron chi connectivity index (χ2n) is 8.06. The van der Waals surface area contributed by atoms with E-state index in [1.165, 1.54) is 37.1 Å². The largest absolute Gasteiger partial charge is 0.459 e. The normalized spacial score (nSPS) is 17.6. The standard InChI is InChI=1S/C23H37N5O/c1-5-24-23(25-15-18(3)17-28-13-11-27(6-2)12-14-28)26-16-22-19(4)20-9-7-8-10-21(20)29-22/h7-10,18H,5-6,11-17H2,1-4H3,(H2,24,25,26). The predicted octanol–water partition coefficient (Wildman–Crippen LogP) is 3.07. The van der Waals surface area contributed by atoms with E-state index in [9.17, 15) is 0 Å². The molecule has 2 N–H and O–H groups in total. The molecule has 1 fully saturated rings. The van der Waals surface area contributed by atoms with Crippen molar-refractivity contribution in [1.82, 2.24) is 20.4 Å². The Balaban J connectivity index is 1.51. The number of benzene rings is 1. The number of aryl methyl sites for hydroxylation is 1. The summed E-state index contributed by atoms with van der Waals surface area (Å²) in [6.07, 6.45) is 0. The molecule has 29 heavy (non-hydrogen) atoms. The van der Waals surface area contributed by atoms with Crippen LogP contribution in [-0.4, -0.2) is 68.1 Å². The summed E-state index contributed by atoms with van der Waals surface area (Å²) in [5.74, 6) is 2.36. The summed E-state index contributed by atoms with van der Waals surface area (Å²) in [7, 11) is 0. The zero-order chi connectivity index (χ0) is 20.6. The van der Waals surface area contributed by atoms with Gasteiger partial charge in [0, 0.05) is 56.8 Å². The smallest absolute Gasteiger partial charge is 0.191 e. The van der Waals surface area contributed by atoms with Crippen LogP contribution in [0.3, 0.4) is 0 Å². The Labute approximate surface area is 175 Å².